The van der Waals surface area contributed by atoms with Crippen molar-refractivity contribution in [3.05, 3.63) is 64.2 Å². The summed E-state index contributed by atoms with van der Waals surface area (Å²) in [6.07, 6.45) is 0. The summed E-state index contributed by atoms with van der Waals surface area (Å²) in [4.78, 5) is 24.3. The number of nitrogens with zero attached hydrogens (tertiary/aromatic N) is 2. The minimum Gasteiger partial charge on any atom is -0.351 e. The molecule has 0 unspecified atom stereocenters. The molecule has 0 fully saturated rings. The predicted octanol–water partition coefficient (Wildman–Crippen LogP) is 2.47. The third kappa shape index (κ3) is 6.26. The number of carbonyl (C=O) groups excluding carboxylic acids is 1. The van der Waals surface area contributed by atoms with Crippen LogP contribution in [0.25, 0.3) is 0 Å². The van der Waals surface area contributed by atoms with E-state index in [1.54, 1.807) is 0 Å². The van der Waals surface area contributed by atoms with Crippen molar-refractivity contribution < 1.29 is 18.1 Å². The van der Waals surface area contributed by atoms with E-state index >= 15 is 0 Å². The molecule has 156 valence electrons. The molecule has 1 amide bonds. The van der Waals surface area contributed by atoms with Crippen LogP contribution >= 0.6 is 0 Å². The molecule has 2 N–H and O–H groups in total. The number of benzene rings is 2. The highest BCUT2D eigenvalue weighted by Crippen LogP contribution is 2.20. The number of anilines is 1. The molecule has 2 aromatic carbocycles. The van der Waals surface area contributed by atoms with Gasteiger partial charge in [-0.3, -0.25) is 19.6 Å². The standard InChI is InChI=1S/C19H24N4O5S/c1-3-22(4-2)13-12-20-19(24)15-8-10-16(11-9-15)21-29(27,28)18-7-5-6-17(14-18)23(25)26/h5-11,14,21H,3-4,12-13H2,1-2H3,(H,20,24). The maximum absolute atomic E-state index is 12.4. The summed E-state index contributed by atoms with van der Waals surface area (Å²) in [6.45, 7) is 7.19. The Bertz CT molecular complexity index is 957. The van der Waals surface area contributed by atoms with Gasteiger partial charge in [-0.25, -0.2) is 8.42 Å². The fourth-order valence-electron chi connectivity index (χ4n) is 2.64. The zero-order valence-corrected chi connectivity index (χ0v) is 17.1. The average molecular weight is 420 g/mol. The second kappa shape index (κ2) is 9.99. The number of hydrogen-bond acceptors (Lipinski definition) is 6. The lowest BCUT2D eigenvalue weighted by molar-refractivity contribution is -0.385. The zero-order chi connectivity index (χ0) is 21.4. The van der Waals surface area contributed by atoms with Gasteiger partial charge in [0, 0.05) is 36.5 Å². The molecule has 0 atom stereocenters. The van der Waals surface area contributed by atoms with Gasteiger partial charge in [-0.15, -0.1) is 0 Å². The van der Waals surface area contributed by atoms with E-state index in [9.17, 15) is 23.3 Å². The minimum absolute atomic E-state index is 0.218. The van der Waals surface area contributed by atoms with Gasteiger partial charge < -0.3 is 10.2 Å². The minimum atomic E-state index is -3.99. The molecule has 0 radical (unpaired) electrons. The van der Waals surface area contributed by atoms with E-state index in [0.29, 0.717) is 12.1 Å². The van der Waals surface area contributed by atoms with E-state index in [0.717, 1.165) is 25.7 Å². The Morgan fingerprint density at radius 3 is 2.34 bits per heavy atom. The van der Waals surface area contributed by atoms with Crippen LogP contribution in [-0.4, -0.2) is 50.3 Å². The van der Waals surface area contributed by atoms with Crippen LogP contribution in [0.2, 0.25) is 0 Å². The Kier molecular flexibility index (Phi) is 7.68. The molecule has 0 aliphatic rings. The number of carbonyl (C=O) groups is 1. The fourth-order valence-corrected chi connectivity index (χ4v) is 3.74. The molecule has 10 heteroatoms. The van der Waals surface area contributed by atoms with E-state index in [-0.39, 0.29) is 22.2 Å². The summed E-state index contributed by atoms with van der Waals surface area (Å²) >= 11 is 0. The van der Waals surface area contributed by atoms with Crippen molar-refractivity contribution >= 4 is 27.3 Å². The molecule has 9 nitrogen and oxygen atoms in total. The quantitative estimate of drug-likeness (QED) is 0.450. The predicted molar refractivity (Wildman–Crippen MR) is 110 cm³/mol. The van der Waals surface area contributed by atoms with Gasteiger partial charge >= 0.3 is 0 Å². The number of nitrogens with one attached hydrogen (secondary N) is 2. The van der Waals surface area contributed by atoms with E-state index in [1.165, 1.54) is 42.5 Å². The SMILES string of the molecule is CCN(CC)CCNC(=O)c1ccc(NS(=O)(=O)c2cccc([N+](=O)[O-])c2)cc1. The first-order valence-electron chi connectivity index (χ1n) is 9.14. The Morgan fingerprint density at radius 2 is 1.76 bits per heavy atom. The van der Waals surface area contributed by atoms with Gasteiger partial charge in [0.25, 0.3) is 21.6 Å². The normalized spacial score (nSPS) is 11.3. The first kappa shape index (κ1) is 22.3. The largest absolute Gasteiger partial charge is 0.351 e. The van der Waals surface area contributed by atoms with E-state index < -0.39 is 14.9 Å². The molecule has 2 aromatic rings. The lowest BCUT2D eigenvalue weighted by Gasteiger charge is -2.18. The third-order valence-corrected chi connectivity index (χ3v) is 5.73. The molecule has 0 aliphatic carbocycles. The summed E-state index contributed by atoms with van der Waals surface area (Å²) in [5.41, 5.74) is 0.337. The van der Waals surface area contributed by atoms with Crippen molar-refractivity contribution in [2.45, 2.75) is 18.7 Å². The monoisotopic (exact) mass is 420 g/mol. The van der Waals surface area contributed by atoms with Crippen molar-refractivity contribution in [3.63, 3.8) is 0 Å². The Labute approximate surface area is 169 Å². The third-order valence-electron chi connectivity index (χ3n) is 4.35. The highest BCUT2D eigenvalue weighted by atomic mass is 32.2. The number of nitro benzene ring substituents is 1. The number of amides is 1. The van der Waals surface area contributed by atoms with Gasteiger partial charge in [0.2, 0.25) is 0 Å². The van der Waals surface area contributed by atoms with Crippen molar-refractivity contribution in [3.8, 4) is 0 Å². The van der Waals surface area contributed by atoms with Crippen LogP contribution < -0.4 is 10.0 Å². The number of non-ortho nitro benzene ring substituents is 1. The Hall–Kier alpha value is -2.98. The maximum Gasteiger partial charge on any atom is 0.270 e. The molecular weight excluding hydrogens is 396 g/mol. The van der Waals surface area contributed by atoms with Crippen LogP contribution in [0.3, 0.4) is 0 Å². The fraction of sp³-hybridized carbons (Fsp3) is 0.316. The summed E-state index contributed by atoms with van der Waals surface area (Å²) in [5.74, 6) is -0.245. The number of sulfonamides is 1. The van der Waals surface area contributed by atoms with Crippen LogP contribution in [0.15, 0.2) is 53.4 Å². The lowest BCUT2D eigenvalue weighted by atomic mass is 10.2. The van der Waals surface area contributed by atoms with Gasteiger partial charge in [-0.1, -0.05) is 19.9 Å². The maximum atomic E-state index is 12.4. The molecule has 0 aliphatic heterocycles. The van der Waals surface area contributed by atoms with Crippen LogP contribution in [0.1, 0.15) is 24.2 Å². The van der Waals surface area contributed by atoms with E-state index in [1.807, 2.05) is 0 Å². The highest BCUT2D eigenvalue weighted by molar-refractivity contribution is 7.92. The molecule has 0 bridgehead atoms. The van der Waals surface area contributed by atoms with Gasteiger partial charge in [0.05, 0.1) is 9.82 Å². The Morgan fingerprint density at radius 1 is 1.10 bits per heavy atom. The number of nitro groups is 1. The number of likely N-dealkylation sites (N-methyl/N-ethyl adjacent to an activating group) is 1. The zero-order valence-electron chi connectivity index (χ0n) is 16.3. The van der Waals surface area contributed by atoms with Crippen molar-refractivity contribution in [2.24, 2.45) is 0 Å². The first-order chi connectivity index (χ1) is 13.8. The topological polar surface area (TPSA) is 122 Å². The second-order valence-corrected chi connectivity index (χ2v) is 7.90. The summed E-state index contributed by atoms with van der Waals surface area (Å²) in [5, 5.41) is 13.7. The van der Waals surface area contributed by atoms with Crippen molar-refractivity contribution in [1.29, 1.82) is 0 Å². The lowest BCUT2D eigenvalue weighted by Crippen LogP contribution is -2.34. The van der Waals surface area contributed by atoms with Crippen molar-refractivity contribution in [1.82, 2.24) is 10.2 Å². The molecule has 0 spiro atoms. The van der Waals surface area contributed by atoms with Crippen LogP contribution in [-0.2, 0) is 10.0 Å². The summed E-state index contributed by atoms with van der Waals surface area (Å²) in [7, 11) is -3.99. The van der Waals surface area contributed by atoms with E-state index in [4.69, 9.17) is 0 Å². The second-order valence-electron chi connectivity index (χ2n) is 6.22. The summed E-state index contributed by atoms with van der Waals surface area (Å²) in [6, 6.07) is 10.7. The van der Waals surface area contributed by atoms with E-state index in [2.05, 4.69) is 28.8 Å². The molecule has 0 saturated carbocycles. The van der Waals surface area contributed by atoms with Gasteiger partial charge in [0.15, 0.2) is 0 Å². The molecule has 0 saturated heterocycles. The first-order valence-corrected chi connectivity index (χ1v) is 10.6. The van der Waals surface area contributed by atoms with Gasteiger partial charge in [-0.2, -0.15) is 0 Å². The molecule has 0 heterocycles. The van der Waals surface area contributed by atoms with Gasteiger partial charge in [-0.05, 0) is 43.4 Å². The molecular formula is C19H24N4O5S. The summed E-state index contributed by atoms with van der Waals surface area (Å²) < 4.78 is 27.2. The molecule has 0 aromatic heterocycles. The highest BCUT2D eigenvalue weighted by Gasteiger charge is 2.18. The van der Waals surface area contributed by atoms with Crippen molar-refractivity contribution in [2.75, 3.05) is 30.9 Å². The number of rotatable bonds is 10. The Balaban J connectivity index is 2.02. The van der Waals surface area contributed by atoms with Crippen LogP contribution in [0.4, 0.5) is 11.4 Å². The smallest absolute Gasteiger partial charge is 0.270 e. The molecule has 29 heavy (non-hydrogen) atoms. The average Bonchev–Trinajstić information content (AvgIpc) is 2.71. The number of hydrogen-bond donors (Lipinski definition) is 2. The molecule has 2 rings (SSSR count). The van der Waals surface area contributed by atoms with Gasteiger partial charge in [0.1, 0.15) is 0 Å². The van der Waals surface area contributed by atoms with Crippen LogP contribution in [0, 0.1) is 10.1 Å². The van der Waals surface area contributed by atoms with Crippen LogP contribution in [0.5, 0.6) is 0 Å².